The Morgan fingerprint density at radius 3 is 2.83 bits per heavy atom. The lowest BCUT2D eigenvalue weighted by atomic mass is 10.1. The highest BCUT2D eigenvalue weighted by Crippen LogP contribution is 2.26. The van der Waals surface area contributed by atoms with Gasteiger partial charge in [-0.15, -0.1) is 11.3 Å². The summed E-state index contributed by atoms with van der Waals surface area (Å²) in [5.74, 6) is 0. The van der Waals surface area contributed by atoms with Crippen LogP contribution in [0, 0.1) is 6.92 Å². The van der Waals surface area contributed by atoms with Crippen LogP contribution in [0.5, 0.6) is 0 Å². The lowest BCUT2D eigenvalue weighted by Gasteiger charge is -2.21. The molecule has 1 N–H and O–H groups in total. The summed E-state index contributed by atoms with van der Waals surface area (Å²) in [5, 5.41) is 9.42. The van der Waals surface area contributed by atoms with Crippen LogP contribution in [0.4, 0.5) is 5.69 Å². The average molecular weight is 327 g/mol. The molecule has 0 fully saturated rings. The number of thiazole rings is 1. The Bertz CT molecular complexity index is 542. The standard InChI is InChI=1S/C13H15BrN2OS/c1-9-13(18-8-15-9)6-16(2)12-4-3-11(14)5-10(12)7-17/h3-5,8,17H,6-7H2,1-2H3. The maximum atomic E-state index is 9.42. The van der Waals surface area contributed by atoms with E-state index in [2.05, 4.69) is 25.8 Å². The monoisotopic (exact) mass is 326 g/mol. The zero-order chi connectivity index (χ0) is 13.1. The third-order valence-corrected chi connectivity index (χ3v) is 4.26. The number of aryl methyl sites for hydroxylation is 1. The minimum Gasteiger partial charge on any atom is -0.392 e. The van der Waals surface area contributed by atoms with Gasteiger partial charge in [-0.2, -0.15) is 0 Å². The third kappa shape index (κ3) is 2.91. The lowest BCUT2D eigenvalue weighted by Crippen LogP contribution is -2.18. The van der Waals surface area contributed by atoms with Crippen molar-refractivity contribution >= 4 is 33.0 Å². The van der Waals surface area contributed by atoms with E-state index in [1.807, 2.05) is 37.7 Å². The Balaban J connectivity index is 2.23. The van der Waals surface area contributed by atoms with Gasteiger partial charge in [0, 0.05) is 27.6 Å². The number of hydrogen-bond donors (Lipinski definition) is 1. The van der Waals surface area contributed by atoms with Gasteiger partial charge in [-0.25, -0.2) is 4.98 Å². The molecule has 2 aromatic rings. The van der Waals surface area contributed by atoms with E-state index in [1.165, 1.54) is 4.88 Å². The first-order chi connectivity index (χ1) is 8.61. The van der Waals surface area contributed by atoms with E-state index in [0.717, 1.165) is 28.0 Å². The lowest BCUT2D eigenvalue weighted by molar-refractivity contribution is 0.282. The summed E-state index contributed by atoms with van der Waals surface area (Å²) in [6.45, 7) is 2.88. The van der Waals surface area contributed by atoms with Gasteiger partial charge in [-0.1, -0.05) is 15.9 Å². The van der Waals surface area contributed by atoms with Crippen LogP contribution in [0.1, 0.15) is 16.1 Å². The summed E-state index contributed by atoms with van der Waals surface area (Å²) in [6, 6.07) is 5.96. The molecule has 0 aliphatic heterocycles. The molecular weight excluding hydrogens is 312 g/mol. The van der Waals surface area contributed by atoms with E-state index >= 15 is 0 Å². The van der Waals surface area contributed by atoms with Gasteiger partial charge in [-0.05, 0) is 25.1 Å². The number of nitrogens with zero attached hydrogens (tertiary/aromatic N) is 2. The Morgan fingerprint density at radius 1 is 1.44 bits per heavy atom. The van der Waals surface area contributed by atoms with Crippen LogP contribution in [0.3, 0.4) is 0 Å². The molecular formula is C13H15BrN2OS. The highest BCUT2D eigenvalue weighted by molar-refractivity contribution is 9.10. The molecule has 0 aliphatic rings. The van der Waals surface area contributed by atoms with Crippen molar-refractivity contribution in [1.29, 1.82) is 0 Å². The summed E-state index contributed by atoms with van der Waals surface area (Å²) < 4.78 is 0.984. The van der Waals surface area contributed by atoms with Gasteiger partial charge in [0.25, 0.3) is 0 Å². The molecule has 5 heteroatoms. The molecule has 1 aromatic carbocycles. The van der Waals surface area contributed by atoms with E-state index in [1.54, 1.807) is 11.3 Å². The molecule has 0 amide bonds. The van der Waals surface area contributed by atoms with Crippen molar-refractivity contribution in [3.8, 4) is 0 Å². The molecule has 1 aromatic heterocycles. The van der Waals surface area contributed by atoms with E-state index < -0.39 is 0 Å². The molecule has 0 saturated carbocycles. The molecule has 18 heavy (non-hydrogen) atoms. The van der Waals surface area contributed by atoms with Crippen LogP contribution in [-0.2, 0) is 13.2 Å². The molecule has 0 saturated heterocycles. The zero-order valence-electron chi connectivity index (χ0n) is 10.4. The van der Waals surface area contributed by atoms with Crippen molar-refractivity contribution in [2.24, 2.45) is 0 Å². The summed E-state index contributed by atoms with van der Waals surface area (Å²) in [4.78, 5) is 7.65. The minimum absolute atomic E-state index is 0.0424. The second-order valence-corrected chi connectivity index (χ2v) is 6.00. The molecule has 96 valence electrons. The number of anilines is 1. The van der Waals surface area contributed by atoms with Gasteiger partial charge in [0.15, 0.2) is 0 Å². The highest BCUT2D eigenvalue weighted by Gasteiger charge is 2.10. The predicted molar refractivity (Wildman–Crippen MR) is 79.0 cm³/mol. The Kier molecular flexibility index (Phi) is 4.37. The largest absolute Gasteiger partial charge is 0.392 e. The summed E-state index contributed by atoms with van der Waals surface area (Å²) in [5.41, 5.74) is 4.92. The van der Waals surface area contributed by atoms with Crippen LogP contribution in [0.25, 0.3) is 0 Å². The normalized spacial score (nSPS) is 10.7. The van der Waals surface area contributed by atoms with Crippen LogP contribution >= 0.6 is 27.3 Å². The van der Waals surface area contributed by atoms with Gasteiger partial charge in [0.2, 0.25) is 0 Å². The zero-order valence-corrected chi connectivity index (χ0v) is 12.8. The SMILES string of the molecule is Cc1ncsc1CN(C)c1ccc(Br)cc1CO. The van der Waals surface area contributed by atoms with Crippen molar-refractivity contribution in [2.75, 3.05) is 11.9 Å². The van der Waals surface area contributed by atoms with Crippen LogP contribution in [-0.4, -0.2) is 17.1 Å². The first kappa shape index (κ1) is 13.5. The van der Waals surface area contributed by atoms with Crippen LogP contribution < -0.4 is 4.90 Å². The fraction of sp³-hybridized carbons (Fsp3) is 0.308. The minimum atomic E-state index is 0.0424. The highest BCUT2D eigenvalue weighted by atomic mass is 79.9. The summed E-state index contributed by atoms with van der Waals surface area (Å²) in [7, 11) is 2.03. The van der Waals surface area contributed by atoms with Crippen molar-refractivity contribution in [3.05, 3.63) is 44.3 Å². The van der Waals surface area contributed by atoms with Crippen molar-refractivity contribution < 1.29 is 5.11 Å². The number of aromatic nitrogens is 1. The Hall–Kier alpha value is -0.910. The van der Waals surface area contributed by atoms with Gasteiger partial charge in [0.05, 0.1) is 24.4 Å². The molecule has 3 nitrogen and oxygen atoms in total. The number of benzene rings is 1. The topological polar surface area (TPSA) is 36.4 Å². The molecule has 0 atom stereocenters. The second kappa shape index (κ2) is 5.82. The van der Waals surface area contributed by atoms with E-state index in [0.29, 0.717) is 0 Å². The smallest absolute Gasteiger partial charge is 0.0798 e. The third-order valence-electron chi connectivity index (χ3n) is 2.85. The van der Waals surface area contributed by atoms with Gasteiger partial charge in [0.1, 0.15) is 0 Å². The number of rotatable bonds is 4. The maximum absolute atomic E-state index is 9.42. The first-order valence-electron chi connectivity index (χ1n) is 5.61. The maximum Gasteiger partial charge on any atom is 0.0798 e. The fourth-order valence-corrected chi connectivity index (χ4v) is 3.07. The number of hydrogen-bond acceptors (Lipinski definition) is 4. The molecule has 1 heterocycles. The summed E-state index contributed by atoms with van der Waals surface area (Å²) in [6.07, 6.45) is 0. The Labute approximate surface area is 119 Å². The molecule has 2 rings (SSSR count). The quantitative estimate of drug-likeness (QED) is 0.936. The number of aliphatic hydroxyl groups excluding tert-OH is 1. The summed E-state index contributed by atoms with van der Waals surface area (Å²) >= 11 is 5.09. The first-order valence-corrected chi connectivity index (χ1v) is 7.28. The average Bonchev–Trinajstić information content (AvgIpc) is 2.74. The number of halogens is 1. The molecule has 0 bridgehead atoms. The van der Waals surface area contributed by atoms with E-state index in [-0.39, 0.29) is 6.61 Å². The molecule has 0 aliphatic carbocycles. The van der Waals surface area contributed by atoms with Gasteiger partial charge < -0.3 is 10.0 Å². The predicted octanol–water partition coefficient (Wildman–Crippen LogP) is 3.34. The van der Waals surface area contributed by atoms with Crippen molar-refractivity contribution in [3.63, 3.8) is 0 Å². The van der Waals surface area contributed by atoms with Gasteiger partial charge >= 0.3 is 0 Å². The Morgan fingerprint density at radius 2 is 2.22 bits per heavy atom. The molecule has 0 radical (unpaired) electrons. The van der Waals surface area contributed by atoms with E-state index in [4.69, 9.17) is 0 Å². The molecule has 0 unspecified atom stereocenters. The number of aliphatic hydroxyl groups is 1. The fourth-order valence-electron chi connectivity index (χ4n) is 1.83. The second-order valence-electron chi connectivity index (χ2n) is 4.15. The van der Waals surface area contributed by atoms with E-state index in [9.17, 15) is 5.11 Å². The van der Waals surface area contributed by atoms with Crippen molar-refractivity contribution in [2.45, 2.75) is 20.1 Å². The van der Waals surface area contributed by atoms with Crippen LogP contribution in [0.15, 0.2) is 28.2 Å². The van der Waals surface area contributed by atoms with Crippen LogP contribution in [0.2, 0.25) is 0 Å². The molecule has 0 spiro atoms. The van der Waals surface area contributed by atoms with Crippen molar-refractivity contribution in [1.82, 2.24) is 4.98 Å². The van der Waals surface area contributed by atoms with Gasteiger partial charge in [-0.3, -0.25) is 0 Å².